The first-order valence-electron chi connectivity index (χ1n) is 6.60. The molecule has 4 nitrogen and oxygen atoms in total. The zero-order valence-electron chi connectivity index (χ0n) is 11.6. The van der Waals surface area contributed by atoms with Gasteiger partial charge in [-0.2, -0.15) is 11.3 Å². The predicted molar refractivity (Wildman–Crippen MR) is 78.6 cm³/mol. The highest BCUT2D eigenvalue weighted by atomic mass is 32.1. The van der Waals surface area contributed by atoms with E-state index in [4.69, 9.17) is 9.15 Å². The number of aryl methyl sites for hydroxylation is 1. The molecule has 0 aliphatic rings. The van der Waals surface area contributed by atoms with E-state index in [0.29, 0.717) is 26.1 Å². The number of ether oxygens (including phenoxy) is 1. The third kappa shape index (κ3) is 4.51. The number of rotatable bonds is 8. The molecule has 0 N–H and O–H groups in total. The van der Waals surface area contributed by atoms with Gasteiger partial charge in [-0.1, -0.05) is 0 Å². The first-order chi connectivity index (χ1) is 9.79. The second kappa shape index (κ2) is 7.87. The largest absolute Gasteiger partial charge is 0.467 e. The second-order valence-electron chi connectivity index (χ2n) is 4.52. The number of methoxy groups -OCH3 is 1. The number of thiophene rings is 1. The summed E-state index contributed by atoms with van der Waals surface area (Å²) < 4.78 is 10.4. The fraction of sp³-hybridized carbons (Fsp3) is 0.400. The maximum atomic E-state index is 12.3. The predicted octanol–water partition coefficient (Wildman–Crippen LogP) is 2.95. The SMILES string of the molecule is COCCN(Cc1ccco1)C(=O)CCc1ccsc1. The van der Waals surface area contributed by atoms with Crippen molar-refractivity contribution in [3.63, 3.8) is 0 Å². The summed E-state index contributed by atoms with van der Waals surface area (Å²) in [6.07, 6.45) is 2.92. The van der Waals surface area contributed by atoms with Gasteiger partial charge in [-0.3, -0.25) is 4.79 Å². The summed E-state index contributed by atoms with van der Waals surface area (Å²) in [5, 5.41) is 4.12. The Morgan fingerprint density at radius 1 is 1.45 bits per heavy atom. The van der Waals surface area contributed by atoms with Gasteiger partial charge in [0.25, 0.3) is 0 Å². The lowest BCUT2D eigenvalue weighted by Gasteiger charge is -2.21. The molecular formula is C15H19NO3S. The fourth-order valence-corrected chi connectivity index (χ4v) is 2.63. The molecule has 0 saturated heterocycles. The van der Waals surface area contributed by atoms with Gasteiger partial charge >= 0.3 is 0 Å². The van der Waals surface area contributed by atoms with Crippen molar-refractivity contribution in [1.82, 2.24) is 4.90 Å². The molecule has 5 heteroatoms. The average molecular weight is 293 g/mol. The molecule has 0 aliphatic carbocycles. The molecule has 2 aromatic heterocycles. The first kappa shape index (κ1) is 14.8. The van der Waals surface area contributed by atoms with Crippen LogP contribution in [0.1, 0.15) is 17.7 Å². The van der Waals surface area contributed by atoms with Crippen LogP contribution in [0.3, 0.4) is 0 Å². The lowest BCUT2D eigenvalue weighted by atomic mass is 10.2. The van der Waals surface area contributed by atoms with Crippen LogP contribution in [0.5, 0.6) is 0 Å². The Morgan fingerprint density at radius 2 is 2.35 bits per heavy atom. The van der Waals surface area contributed by atoms with Gasteiger partial charge in [-0.05, 0) is 40.9 Å². The normalized spacial score (nSPS) is 10.7. The Kier molecular flexibility index (Phi) is 5.83. The van der Waals surface area contributed by atoms with Gasteiger partial charge in [0.15, 0.2) is 0 Å². The highest BCUT2D eigenvalue weighted by Gasteiger charge is 2.15. The Hall–Kier alpha value is -1.59. The fourth-order valence-electron chi connectivity index (χ4n) is 1.93. The summed E-state index contributed by atoms with van der Waals surface area (Å²) in [7, 11) is 1.64. The number of amides is 1. The molecule has 0 unspecified atom stereocenters. The van der Waals surface area contributed by atoms with Crippen molar-refractivity contribution in [3.8, 4) is 0 Å². The molecule has 0 saturated carbocycles. The van der Waals surface area contributed by atoms with Gasteiger partial charge in [-0.25, -0.2) is 0 Å². The third-order valence-corrected chi connectivity index (χ3v) is 3.78. The van der Waals surface area contributed by atoms with Crippen molar-refractivity contribution < 1.29 is 13.9 Å². The van der Waals surface area contributed by atoms with E-state index in [1.807, 2.05) is 17.5 Å². The molecule has 1 amide bonds. The standard InChI is InChI=1S/C15H19NO3S/c1-18-9-7-16(11-14-3-2-8-19-14)15(17)5-4-13-6-10-20-12-13/h2-3,6,8,10,12H,4-5,7,9,11H2,1H3. The van der Waals surface area contributed by atoms with Crippen molar-refractivity contribution in [2.75, 3.05) is 20.3 Å². The van der Waals surface area contributed by atoms with Crippen LogP contribution < -0.4 is 0 Å². The summed E-state index contributed by atoms with van der Waals surface area (Å²) >= 11 is 1.66. The van der Waals surface area contributed by atoms with Crippen molar-refractivity contribution in [2.45, 2.75) is 19.4 Å². The van der Waals surface area contributed by atoms with Gasteiger partial charge in [0.05, 0.1) is 19.4 Å². The van der Waals surface area contributed by atoms with E-state index in [9.17, 15) is 4.79 Å². The second-order valence-corrected chi connectivity index (χ2v) is 5.30. The summed E-state index contributed by atoms with van der Waals surface area (Å²) in [6.45, 7) is 1.61. The summed E-state index contributed by atoms with van der Waals surface area (Å²) in [5.41, 5.74) is 1.22. The molecule has 0 fully saturated rings. The Balaban J connectivity index is 1.89. The van der Waals surface area contributed by atoms with Crippen LogP contribution in [-0.4, -0.2) is 31.1 Å². The number of furan rings is 1. The smallest absolute Gasteiger partial charge is 0.223 e. The molecular weight excluding hydrogens is 274 g/mol. The van der Waals surface area contributed by atoms with Crippen LogP contribution in [0.2, 0.25) is 0 Å². The molecule has 0 atom stereocenters. The minimum Gasteiger partial charge on any atom is -0.467 e. The average Bonchev–Trinajstić information content (AvgIpc) is 3.13. The maximum absolute atomic E-state index is 12.3. The summed E-state index contributed by atoms with van der Waals surface area (Å²) in [6, 6.07) is 5.77. The molecule has 0 bridgehead atoms. The Bertz CT molecular complexity index is 493. The highest BCUT2D eigenvalue weighted by molar-refractivity contribution is 7.07. The molecule has 0 aliphatic heterocycles. The van der Waals surface area contributed by atoms with Crippen molar-refractivity contribution in [3.05, 3.63) is 46.5 Å². The summed E-state index contributed by atoms with van der Waals surface area (Å²) in [5.74, 6) is 0.926. The highest BCUT2D eigenvalue weighted by Crippen LogP contribution is 2.11. The molecule has 2 rings (SSSR count). The quantitative estimate of drug-likeness (QED) is 0.751. The van der Waals surface area contributed by atoms with E-state index < -0.39 is 0 Å². The van der Waals surface area contributed by atoms with Crippen LogP contribution in [0.25, 0.3) is 0 Å². The Labute approximate surface area is 123 Å². The lowest BCUT2D eigenvalue weighted by Crippen LogP contribution is -2.33. The van der Waals surface area contributed by atoms with E-state index in [2.05, 4.69) is 11.4 Å². The topological polar surface area (TPSA) is 42.7 Å². The van der Waals surface area contributed by atoms with Gasteiger partial charge in [-0.15, -0.1) is 0 Å². The van der Waals surface area contributed by atoms with E-state index in [1.165, 1.54) is 5.56 Å². The van der Waals surface area contributed by atoms with Crippen LogP contribution in [0, 0.1) is 0 Å². The lowest BCUT2D eigenvalue weighted by molar-refractivity contribution is -0.132. The third-order valence-electron chi connectivity index (χ3n) is 3.05. The van der Waals surface area contributed by atoms with Crippen LogP contribution in [-0.2, 0) is 22.5 Å². The molecule has 2 heterocycles. The van der Waals surface area contributed by atoms with Gasteiger partial charge < -0.3 is 14.1 Å². The molecule has 2 aromatic rings. The number of hydrogen-bond acceptors (Lipinski definition) is 4. The van der Waals surface area contributed by atoms with E-state index in [-0.39, 0.29) is 5.91 Å². The van der Waals surface area contributed by atoms with E-state index >= 15 is 0 Å². The maximum Gasteiger partial charge on any atom is 0.223 e. The van der Waals surface area contributed by atoms with Crippen LogP contribution in [0.4, 0.5) is 0 Å². The monoisotopic (exact) mass is 293 g/mol. The van der Waals surface area contributed by atoms with Crippen LogP contribution in [0.15, 0.2) is 39.6 Å². The number of carbonyl (C=O) groups excluding carboxylic acids is 1. The zero-order chi connectivity index (χ0) is 14.2. The minimum absolute atomic E-state index is 0.129. The van der Waals surface area contributed by atoms with Crippen molar-refractivity contribution in [2.24, 2.45) is 0 Å². The van der Waals surface area contributed by atoms with Crippen molar-refractivity contribution >= 4 is 17.2 Å². The number of carbonyl (C=O) groups is 1. The minimum atomic E-state index is 0.129. The Morgan fingerprint density at radius 3 is 3.00 bits per heavy atom. The molecule has 0 spiro atoms. The molecule has 0 aromatic carbocycles. The van der Waals surface area contributed by atoms with Gasteiger partial charge in [0, 0.05) is 20.1 Å². The van der Waals surface area contributed by atoms with Crippen molar-refractivity contribution in [1.29, 1.82) is 0 Å². The molecule has 20 heavy (non-hydrogen) atoms. The van der Waals surface area contributed by atoms with E-state index in [0.717, 1.165) is 12.2 Å². The molecule has 108 valence electrons. The molecule has 0 radical (unpaired) electrons. The van der Waals surface area contributed by atoms with E-state index in [1.54, 1.807) is 29.6 Å². The first-order valence-corrected chi connectivity index (χ1v) is 7.54. The van der Waals surface area contributed by atoms with Gasteiger partial charge in [0.1, 0.15) is 5.76 Å². The number of nitrogens with zero attached hydrogens (tertiary/aromatic N) is 1. The van der Waals surface area contributed by atoms with Gasteiger partial charge in [0.2, 0.25) is 5.91 Å². The zero-order valence-corrected chi connectivity index (χ0v) is 12.4. The summed E-state index contributed by atoms with van der Waals surface area (Å²) in [4.78, 5) is 14.1. The van der Waals surface area contributed by atoms with Crippen LogP contribution >= 0.6 is 11.3 Å². The number of hydrogen-bond donors (Lipinski definition) is 0.